The van der Waals surface area contributed by atoms with Crippen molar-refractivity contribution in [2.45, 2.75) is 13.5 Å². The van der Waals surface area contributed by atoms with E-state index in [9.17, 15) is 9.59 Å². The summed E-state index contributed by atoms with van der Waals surface area (Å²) in [6.45, 7) is 2.05. The molecule has 0 fully saturated rings. The Labute approximate surface area is 172 Å². The molecule has 4 aromatic rings. The number of benzene rings is 2. The van der Waals surface area contributed by atoms with Crippen LogP contribution in [-0.4, -0.2) is 18.9 Å². The number of aryl methyl sites for hydroxylation is 1. The average molecular weight is 404 g/mol. The molecule has 2 heterocycles. The van der Waals surface area contributed by atoms with Crippen LogP contribution in [-0.2, 0) is 6.54 Å². The quantitative estimate of drug-likeness (QED) is 0.493. The van der Waals surface area contributed by atoms with Gasteiger partial charge in [0.25, 0.3) is 11.8 Å². The fourth-order valence-electron chi connectivity index (χ4n) is 3.24. The molecule has 2 amide bonds. The summed E-state index contributed by atoms with van der Waals surface area (Å²) >= 11 is 0. The molecule has 0 spiro atoms. The van der Waals surface area contributed by atoms with Crippen LogP contribution in [0.25, 0.3) is 11.0 Å². The number of hydrogen-bond acceptors (Lipinski definition) is 5. The van der Waals surface area contributed by atoms with Crippen molar-refractivity contribution in [2.75, 3.05) is 12.4 Å². The van der Waals surface area contributed by atoms with Gasteiger partial charge < -0.3 is 24.2 Å². The van der Waals surface area contributed by atoms with Crippen molar-refractivity contribution < 1.29 is 23.2 Å². The van der Waals surface area contributed by atoms with Crippen LogP contribution >= 0.6 is 0 Å². The lowest BCUT2D eigenvalue weighted by Crippen LogP contribution is -2.23. The number of carbonyl (C=O) groups is 2. The summed E-state index contributed by atoms with van der Waals surface area (Å²) in [5.74, 6) is 0.833. The molecule has 0 aliphatic rings. The van der Waals surface area contributed by atoms with E-state index in [1.165, 1.54) is 6.26 Å². The third-order valence-electron chi connectivity index (χ3n) is 4.68. The molecular formula is C23H20N2O5. The highest BCUT2D eigenvalue weighted by Crippen LogP contribution is 2.29. The van der Waals surface area contributed by atoms with E-state index in [2.05, 4.69) is 10.6 Å². The zero-order chi connectivity index (χ0) is 21.1. The second kappa shape index (κ2) is 8.16. The maximum absolute atomic E-state index is 12.8. The maximum atomic E-state index is 12.8. The van der Waals surface area contributed by atoms with Crippen molar-refractivity contribution >= 4 is 28.5 Å². The molecule has 0 radical (unpaired) electrons. The van der Waals surface area contributed by atoms with Gasteiger partial charge in [-0.2, -0.15) is 0 Å². The van der Waals surface area contributed by atoms with Gasteiger partial charge in [0.05, 0.1) is 18.9 Å². The minimum atomic E-state index is -0.337. The van der Waals surface area contributed by atoms with E-state index in [0.29, 0.717) is 40.3 Å². The van der Waals surface area contributed by atoms with Gasteiger partial charge in [0.1, 0.15) is 17.1 Å². The van der Waals surface area contributed by atoms with Crippen molar-refractivity contribution in [3.8, 4) is 5.75 Å². The Balaban J connectivity index is 1.47. The minimum absolute atomic E-state index is 0.228. The van der Waals surface area contributed by atoms with Gasteiger partial charge in [0.15, 0.2) is 5.76 Å². The fourth-order valence-corrected chi connectivity index (χ4v) is 3.24. The molecule has 2 N–H and O–H groups in total. The molecule has 2 aromatic heterocycles. The van der Waals surface area contributed by atoms with E-state index in [1.807, 2.05) is 12.1 Å². The summed E-state index contributed by atoms with van der Waals surface area (Å²) in [7, 11) is 1.57. The van der Waals surface area contributed by atoms with Crippen molar-refractivity contribution in [3.63, 3.8) is 0 Å². The summed E-state index contributed by atoms with van der Waals surface area (Å²) in [4.78, 5) is 25.0. The number of anilines is 1. The van der Waals surface area contributed by atoms with Crippen LogP contribution < -0.4 is 15.4 Å². The van der Waals surface area contributed by atoms with Gasteiger partial charge in [0, 0.05) is 17.6 Å². The Kier molecular flexibility index (Phi) is 5.26. The van der Waals surface area contributed by atoms with Crippen LogP contribution in [0.5, 0.6) is 5.75 Å². The first-order valence-corrected chi connectivity index (χ1v) is 9.34. The molecule has 0 saturated carbocycles. The number of hydrogen-bond donors (Lipinski definition) is 2. The highest BCUT2D eigenvalue weighted by Gasteiger charge is 2.18. The van der Waals surface area contributed by atoms with E-state index >= 15 is 0 Å². The summed E-state index contributed by atoms with van der Waals surface area (Å²) in [5.41, 5.74) is 2.55. The fraction of sp³-hybridized carbons (Fsp3) is 0.130. The summed E-state index contributed by atoms with van der Waals surface area (Å²) in [6.07, 6.45) is 1.44. The van der Waals surface area contributed by atoms with Crippen LogP contribution in [0.4, 0.5) is 5.69 Å². The Morgan fingerprint density at radius 3 is 2.67 bits per heavy atom. The Hall–Kier alpha value is -4.00. The predicted octanol–water partition coefficient (Wildman–Crippen LogP) is 4.53. The number of carbonyl (C=O) groups excluding carboxylic acids is 2. The van der Waals surface area contributed by atoms with Gasteiger partial charge in [-0.3, -0.25) is 9.59 Å². The van der Waals surface area contributed by atoms with Crippen LogP contribution in [0, 0.1) is 6.92 Å². The van der Waals surface area contributed by atoms with Gasteiger partial charge in [-0.1, -0.05) is 12.1 Å². The number of furan rings is 2. The van der Waals surface area contributed by atoms with E-state index in [-0.39, 0.29) is 17.6 Å². The molecule has 0 saturated heterocycles. The molecule has 0 aliphatic heterocycles. The number of rotatable bonds is 6. The van der Waals surface area contributed by atoms with Gasteiger partial charge >= 0.3 is 0 Å². The maximum Gasteiger partial charge on any atom is 0.291 e. The van der Waals surface area contributed by atoms with E-state index in [4.69, 9.17) is 13.6 Å². The number of amides is 2. The van der Waals surface area contributed by atoms with Crippen molar-refractivity contribution in [1.29, 1.82) is 0 Å². The molecule has 7 heteroatoms. The third kappa shape index (κ3) is 3.91. The summed E-state index contributed by atoms with van der Waals surface area (Å²) in [5, 5.41) is 6.38. The number of ether oxygens (including phenoxy) is 1. The van der Waals surface area contributed by atoms with Gasteiger partial charge in [-0.15, -0.1) is 0 Å². The number of nitrogens with one attached hydrogen (secondary N) is 2. The van der Waals surface area contributed by atoms with E-state index in [1.54, 1.807) is 56.5 Å². The van der Waals surface area contributed by atoms with Crippen LogP contribution in [0.2, 0.25) is 0 Å². The number of methoxy groups -OCH3 is 1. The SMILES string of the molecule is COc1ccc2oc(C)c(C(=O)NCc3cccc(NC(=O)c4ccco4)c3)c2c1. The molecule has 0 atom stereocenters. The van der Waals surface area contributed by atoms with Crippen LogP contribution in [0.3, 0.4) is 0 Å². The van der Waals surface area contributed by atoms with Gasteiger partial charge in [0.2, 0.25) is 0 Å². The normalized spacial score (nSPS) is 10.7. The molecule has 0 aliphatic carbocycles. The third-order valence-corrected chi connectivity index (χ3v) is 4.68. The largest absolute Gasteiger partial charge is 0.497 e. The molecule has 152 valence electrons. The Morgan fingerprint density at radius 2 is 1.90 bits per heavy atom. The van der Waals surface area contributed by atoms with Crippen molar-refractivity contribution in [1.82, 2.24) is 5.32 Å². The highest BCUT2D eigenvalue weighted by molar-refractivity contribution is 6.07. The van der Waals surface area contributed by atoms with Crippen molar-refractivity contribution in [3.05, 3.63) is 83.5 Å². The number of fused-ring (bicyclic) bond motifs is 1. The first kappa shape index (κ1) is 19.3. The van der Waals surface area contributed by atoms with Crippen LogP contribution in [0.15, 0.2) is 69.7 Å². The zero-order valence-corrected chi connectivity index (χ0v) is 16.5. The molecule has 0 unspecified atom stereocenters. The average Bonchev–Trinajstić information content (AvgIpc) is 3.39. The predicted molar refractivity (Wildman–Crippen MR) is 112 cm³/mol. The first-order valence-electron chi connectivity index (χ1n) is 9.34. The second-order valence-corrected chi connectivity index (χ2v) is 6.71. The van der Waals surface area contributed by atoms with E-state index < -0.39 is 0 Å². The minimum Gasteiger partial charge on any atom is -0.497 e. The second-order valence-electron chi connectivity index (χ2n) is 6.71. The monoisotopic (exact) mass is 404 g/mol. The molecule has 0 bridgehead atoms. The lowest BCUT2D eigenvalue weighted by atomic mass is 10.1. The molecule has 30 heavy (non-hydrogen) atoms. The van der Waals surface area contributed by atoms with Crippen LogP contribution in [0.1, 0.15) is 32.2 Å². The summed E-state index contributed by atoms with van der Waals surface area (Å²) < 4.78 is 16.0. The lowest BCUT2D eigenvalue weighted by Gasteiger charge is -2.08. The van der Waals surface area contributed by atoms with Gasteiger partial charge in [-0.05, 0) is 55.0 Å². The zero-order valence-electron chi connectivity index (χ0n) is 16.5. The molecule has 4 rings (SSSR count). The first-order chi connectivity index (χ1) is 14.5. The Morgan fingerprint density at radius 1 is 1.03 bits per heavy atom. The highest BCUT2D eigenvalue weighted by atomic mass is 16.5. The summed E-state index contributed by atoms with van der Waals surface area (Å²) in [6, 6.07) is 15.8. The van der Waals surface area contributed by atoms with Crippen molar-refractivity contribution in [2.24, 2.45) is 0 Å². The lowest BCUT2D eigenvalue weighted by molar-refractivity contribution is 0.0949. The smallest absolute Gasteiger partial charge is 0.291 e. The van der Waals surface area contributed by atoms with Gasteiger partial charge in [-0.25, -0.2) is 0 Å². The molecule has 2 aromatic carbocycles. The Bertz CT molecular complexity index is 1210. The standard InChI is InChI=1S/C23H20N2O5/c1-14-21(18-12-17(28-2)8-9-19(18)30-14)23(27)24-13-15-5-3-6-16(11-15)25-22(26)20-7-4-10-29-20/h3-12H,13H2,1-2H3,(H,24,27)(H,25,26). The molecular weight excluding hydrogens is 384 g/mol. The topological polar surface area (TPSA) is 93.7 Å². The molecule has 7 nitrogen and oxygen atoms in total. The van der Waals surface area contributed by atoms with E-state index in [0.717, 1.165) is 5.56 Å².